The van der Waals surface area contributed by atoms with Crippen LogP contribution in [0, 0.1) is 0 Å². The highest BCUT2D eigenvalue weighted by Crippen LogP contribution is 2.11. The van der Waals surface area contributed by atoms with Crippen LogP contribution < -0.4 is 5.73 Å². The van der Waals surface area contributed by atoms with E-state index in [9.17, 15) is 13.2 Å². The number of nitrogens with two attached hydrogens (primary N) is 1. The van der Waals surface area contributed by atoms with Gasteiger partial charge in [-0.2, -0.15) is 0 Å². The number of carbonyl (C=O) groups excluding carboxylic acids is 1. The van der Waals surface area contributed by atoms with E-state index in [1.54, 1.807) is 6.92 Å². The lowest BCUT2D eigenvalue weighted by molar-refractivity contribution is -0.118. The molecule has 0 aromatic heterocycles. The van der Waals surface area contributed by atoms with Crippen LogP contribution in [0.4, 0.5) is 0 Å². The Bertz CT molecular complexity index is 523. The summed E-state index contributed by atoms with van der Waals surface area (Å²) < 4.78 is 22.6. The molecule has 2 N–H and O–H groups in total. The standard InChI is InChI=1S/C14H21NO3S/c1-2-19(17,18)9-5-8-14(16)10-12-6-3-4-7-13(12)11-15/h3-4,6-7H,2,5,8-11,15H2,1H3. The van der Waals surface area contributed by atoms with Gasteiger partial charge in [0.05, 0.1) is 5.75 Å². The summed E-state index contributed by atoms with van der Waals surface area (Å²) in [6.07, 6.45) is 1.04. The third-order valence-corrected chi connectivity index (χ3v) is 4.87. The van der Waals surface area contributed by atoms with Crippen molar-refractivity contribution in [2.45, 2.75) is 32.7 Å². The zero-order valence-corrected chi connectivity index (χ0v) is 12.1. The summed E-state index contributed by atoms with van der Waals surface area (Å²) in [7, 11) is -2.97. The smallest absolute Gasteiger partial charge is 0.150 e. The van der Waals surface area contributed by atoms with Gasteiger partial charge in [0.15, 0.2) is 0 Å². The molecule has 5 heteroatoms. The van der Waals surface area contributed by atoms with Gasteiger partial charge in [0, 0.05) is 25.1 Å². The maximum atomic E-state index is 11.8. The molecule has 1 aromatic rings. The largest absolute Gasteiger partial charge is 0.326 e. The number of ketones is 1. The maximum absolute atomic E-state index is 11.8. The number of hydrogen-bond acceptors (Lipinski definition) is 4. The molecule has 0 aliphatic carbocycles. The van der Waals surface area contributed by atoms with E-state index in [1.807, 2.05) is 24.3 Å². The predicted molar refractivity (Wildman–Crippen MR) is 76.6 cm³/mol. The van der Waals surface area contributed by atoms with Crippen LogP contribution in [-0.4, -0.2) is 25.7 Å². The van der Waals surface area contributed by atoms with E-state index in [0.717, 1.165) is 11.1 Å². The van der Waals surface area contributed by atoms with Crippen molar-refractivity contribution in [2.24, 2.45) is 5.73 Å². The fourth-order valence-electron chi connectivity index (χ4n) is 1.86. The Morgan fingerprint density at radius 1 is 1.21 bits per heavy atom. The highest BCUT2D eigenvalue weighted by Gasteiger charge is 2.11. The molecule has 0 fully saturated rings. The van der Waals surface area contributed by atoms with E-state index in [4.69, 9.17) is 5.73 Å². The average Bonchev–Trinajstić information content (AvgIpc) is 2.39. The van der Waals surface area contributed by atoms with Gasteiger partial charge in [-0.05, 0) is 17.5 Å². The molecule has 0 saturated carbocycles. The fourth-order valence-corrected chi connectivity index (χ4v) is 2.74. The average molecular weight is 283 g/mol. The molecular formula is C14H21NO3S. The molecule has 0 unspecified atom stereocenters. The third kappa shape index (κ3) is 5.53. The number of benzene rings is 1. The van der Waals surface area contributed by atoms with Crippen LogP contribution in [-0.2, 0) is 27.6 Å². The fraction of sp³-hybridized carbons (Fsp3) is 0.500. The summed E-state index contributed by atoms with van der Waals surface area (Å²) in [5, 5.41) is 0. The van der Waals surface area contributed by atoms with Gasteiger partial charge < -0.3 is 5.73 Å². The molecule has 1 aromatic carbocycles. The number of Topliss-reactive ketones (excluding diaryl/α,β-unsaturated/α-hetero) is 1. The molecular weight excluding hydrogens is 262 g/mol. The minimum absolute atomic E-state index is 0.0622. The highest BCUT2D eigenvalue weighted by molar-refractivity contribution is 7.91. The Kier molecular flexibility index (Phi) is 6.18. The normalized spacial score (nSPS) is 11.5. The van der Waals surface area contributed by atoms with E-state index >= 15 is 0 Å². The monoisotopic (exact) mass is 283 g/mol. The molecule has 0 amide bonds. The molecule has 0 saturated heterocycles. The third-order valence-electron chi connectivity index (χ3n) is 3.08. The van der Waals surface area contributed by atoms with E-state index < -0.39 is 9.84 Å². The second-order valence-corrected chi connectivity index (χ2v) is 7.00. The molecule has 0 radical (unpaired) electrons. The molecule has 4 nitrogen and oxygen atoms in total. The Hall–Kier alpha value is -1.20. The topological polar surface area (TPSA) is 77.2 Å². The lowest BCUT2D eigenvalue weighted by Gasteiger charge is -2.06. The first-order chi connectivity index (χ1) is 8.98. The first-order valence-corrected chi connectivity index (χ1v) is 8.29. The van der Waals surface area contributed by atoms with Gasteiger partial charge in [-0.25, -0.2) is 8.42 Å². The Balaban J connectivity index is 2.48. The maximum Gasteiger partial charge on any atom is 0.150 e. The van der Waals surface area contributed by atoms with Crippen LogP contribution >= 0.6 is 0 Å². The van der Waals surface area contributed by atoms with Crippen molar-refractivity contribution < 1.29 is 13.2 Å². The molecule has 0 spiro atoms. The first-order valence-electron chi connectivity index (χ1n) is 6.47. The number of rotatable bonds is 8. The van der Waals surface area contributed by atoms with Crippen molar-refractivity contribution in [3.63, 3.8) is 0 Å². The molecule has 0 aliphatic heterocycles. The van der Waals surface area contributed by atoms with Gasteiger partial charge in [-0.15, -0.1) is 0 Å². The lowest BCUT2D eigenvalue weighted by atomic mass is 10.0. The van der Waals surface area contributed by atoms with E-state index in [-0.39, 0.29) is 17.3 Å². The zero-order chi connectivity index (χ0) is 14.3. The minimum Gasteiger partial charge on any atom is -0.326 e. The molecule has 0 bridgehead atoms. The zero-order valence-electron chi connectivity index (χ0n) is 11.3. The van der Waals surface area contributed by atoms with Crippen molar-refractivity contribution in [3.8, 4) is 0 Å². The van der Waals surface area contributed by atoms with Gasteiger partial charge in [-0.1, -0.05) is 31.2 Å². The number of sulfone groups is 1. The molecule has 0 heterocycles. The van der Waals surface area contributed by atoms with Crippen LogP contribution in [0.15, 0.2) is 24.3 Å². The molecule has 106 valence electrons. The second-order valence-electron chi connectivity index (χ2n) is 4.53. The first kappa shape index (κ1) is 15.9. The Morgan fingerprint density at radius 3 is 2.42 bits per heavy atom. The summed E-state index contributed by atoms with van der Waals surface area (Å²) in [4.78, 5) is 11.8. The van der Waals surface area contributed by atoms with E-state index in [1.165, 1.54) is 0 Å². The van der Waals surface area contributed by atoms with Crippen molar-refractivity contribution in [3.05, 3.63) is 35.4 Å². The summed E-state index contributed by atoms with van der Waals surface area (Å²) >= 11 is 0. The summed E-state index contributed by atoms with van der Waals surface area (Å²) in [6.45, 7) is 2.03. The van der Waals surface area contributed by atoms with E-state index in [2.05, 4.69) is 0 Å². The van der Waals surface area contributed by atoms with Crippen LogP contribution in [0.1, 0.15) is 30.9 Å². The Labute approximate surface area is 114 Å². The van der Waals surface area contributed by atoms with Crippen molar-refractivity contribution in [1.82, 2.24) is 0 Å². The van der Waals surface area contributed by atoms with Gasteiger partial charge in [-0.3, -0.25) is 4.79 Å². The summed E-state index contributed by atoms with van der Waals surface area (Å²) in [5.41, 5.74) is 7.52. The lowest BCUT2D eigenvalue weighted by Crippen LogP contribution is -2.12. The summed E-state index contributed by atoms with van der Waals surface area (Å²) in [6, 6.07) is 7.57. The van der Waals surface area contributed by atoms with Gasteiger partial charge in [0.25, 0.3) is 0 Å². The van der Waals surface area contributed by atoms with Gasteiger partial charge >= 0.3 is 0 Å². The second kappa shape index (κ2) is 7.40. The highest BCUT2D eigenvalue weighted by atomic mass is 32.2. The molecule has 19 heavy (non-hydrogen) atoms. The van der Waals surface area contributed by atoms with Gasteiger partial charge in [0.2, 0.25) is 0 Å². The van der Waals surface area contributed by atoms with Gasteiger partial charge in [0.1, 0.15) is 15.6 Å². The number of carbonyl (C=O) groups is 1. The SMILES string of the molecule is CCS(=O)(=O)CCCC(=O)Cc1ccccc1CN. The van der Waals surface area contributed by atoms with Crippen molar-refractivity contribution in [1.29, 1.82) is 0 Å². The van der Waals surface area contributed by atoms with Crippen LogP contribution in [0.3, 0.4) is 0 Å². The predicted octanol–water partition coefficient (Wildman–Crippen LogP) is 1.47. The van der Waals surface area contributed by atoms with Crippen LogP contribution in [0.25, 0.3) is 0 Å². The Morgan fingerprint density at radius 2 is 1.84 bits per heavy atom. The molecule has 1 rings (SSSR count). The van der Waals surface area contributed by atoms with Crippen LogP contribution in [0.5, 0.6) is 0 Å². The van der Waals surface area contributed by atoms with Crippen molar-refractivity contribution >= 4 is 15.6 Å². The summed E-state index contributed by atoms with van der Waals surface area (Å²) in [5.74, 6) is 0.289. The minimum atomic E-state index is -2.97. The molecule has 0 atom stereocenters. The quantitative estimate of drug-likeness (QED) is 0.783. The molecule has 0 aliphatic rings. The number of hydrogen-bond donors (Lipinski definition) is 1. The van der Waals surface area contributed by atoms with Crippen LogP contribution in [0.2, 0.25) is 0 Å². The van der Waals surface area contributed by atoms with Crippen molar-refractivity contribution in [2.75, 3.05) is 11.5 Å². The van der Waals surface area contributed by atoms with E-state index in [0.29, 0.717) is 25.8 Å².